The number of nitrogens with zero attached hydrogens (tertiary/aromatic N) is 2. The maximum atomic E-state index is 9.75. The summed E-state index contributed by atoms with van der Waals surface area (Å²) in [4.78, 5) is 3.24. The van der Waals surface area contributed by atoms with Crippen LogP contribution in [0, 0.1) is 0 Å². The number of nitrogens with one attached hydrogen (secondary N) is 1. The third kappa shape index (κ3) is 6.56. The van der Waals surface area contributed by atoms with Crippen molar-refractivity contribution in [1.82, 2.24) is 0 Å². The number of halogens is 4. The fourth-order valence-corrected chi connectivity index (χ4v) is 1.46. The molecule has 1 aliphatic carbocycles. The zero-order valence-corrected chi connectivity index (χ0v) is 10.3. The summed E-state index contributed by atoms with van der Waals surface area (Å²) in [5, 5.41) is 3.25. The van der Waals surface area contributed by atoms with E-state index in [2.05, 4.69) is 10.1 Å². The summed E-state index contributed by atoms with van der Waals surface area (Å²) in [5.41, 5.74) is 10.4. The second kappa shape index (κ2) is 7.30. The van der Waals surface area contributed by atoms with Gasteiger partial charge in [-0.2, -0.15) is 4.79 Å². The fraction of sp³-hybridized carbons (Fsp3) is 0.0833. The maximum Gasteiger partial charge on any atom is 0.673 e. The molecule has 0 spiro atoms. The van der Waals surface area contributed by atoms with Gasteiger partial charge in [-0.1, -0.05) is 36.4 Å². The highest BCUT2D eigenvalue weighted by atomic mass is 19.5. The molecule has 1 N–H and O–H groups in total. The molecule has 106 valence electrons. The van der Waals surface area contributed by atoms with Crippen LogP contribution in [0.3, 0.4) is 0 Å². The molecule has 0 aromatic heterocycles. The van der Waals surface area contributed by atoms with E-state index in [-0.39, 0.29) is 6.04 Å². The summed E-state index contributed by atoms with van der Waals surface area (Å²) in [5.74, 6) is 0. The zero-order valence-electron chi connectivity index (χ0n) is 10.3. The second-order valence-electron chi connectivity index (χ2n) is 3.75. The van der Waals surface area contributed by atoms with Crippen LogP contribution in [0.2, 0.25) is 0 Å². The van der Waals surface area contributed by atoms with Crippen LogP contribution >= 0.6 is 0 Å². The number of allylic oxidation sites excluding steroid dienone is 2. The molecular weight excluding hydrogens is 273 g/mol. The van der Waals surface area contributed by atoms with Crippen molar-refractivity contribution in [1.29, 1.82) is 0 Å². The van der Waals surface area contributed by atoms with Crippen molar-refractivity contribution in [2.75, 3.05) is 5.32 Å². The lowest BCUT2D eigenvalue weighted by molar-refractivity contribution is -0.00617. The van der Waals surface area contributed by atoms with Crippen LogP contribution < -0.4 is 5.32 Å². The topological polar surface area (TPSA) is 48.4 Å². The van der Waals surface area contributed by atoms with Gasteiger partial charge in [0.15, 0.2) is 0 Å². The van der Waals surface area contributed by atoms with E-state index in [1.807, 2.05) is 48.6 Å². The van der Waals surface area contributed by atoms with Gasteiger partial charge in [-0.3, -0.25) is 0 Å². The number of rotatable bonds is 2. The third-order valence-electron chi connectivity index (χ3n) is 2.21. The molecule has 8 heteroatoms. The lowest BCUT2D eigenvalue weighted by Gasteiger charge is -2.12. The zero-order chi connectivity index (χ0) is 15.0. The first-order chi connectivity index (χ1) is 9.40. The van der Waals surface area contributed by atoms with Gasteiger partial charge in [-0.25, -0.2) is 0 Å². The van der Waals surface area contributed by atoms with E-state index in [1.165, 1.54) is 0 Å². The molecule has 1 aromatic carbocycles. The average Bonchev–Trinajstić information content (AvgIpc) is 2.39. The van der Waals surface area contributed by atoms with E-state index in [0.717, 1.165) is 5.69 Å². The van der Waals surface area contributed by atoms with E-state index in [0.29, 0.717) is 5.71 Å². The van der Waals surface area contributed by atoms with Gasteiger partial charge >= 0.3 is 13.0 Å². The molecule has 0 aliphatic heterocycles. The fourth-order valence-electron chi connectivity index (χ4n) is 1.46. The van der Waals surface area contributed by atoms with Gasteiger partial charge in [0, 0.05) is 11.8 Å². The van der Waals surface area contributed by atoms with E-state index < -0.39 is 7.25 Å². The van der Waals surface area contributed by atoms with Gasteiger partial charge in [-0.05, 0) is 12.1 Å². The monoisotopic (exact) mass is 284 g/mol. The molecule has 0 fully saturated rings. The standard InChI is InChI=1S/C12H11N3.BF4/c13-15-12-9-5-4-8-11(12)14-10-6-2-1-3-7-10;2-1(3,4)5/h1-9,11,14H;/q;-1. The molecule has 0 amide bonds. The van der Waals surface area contributed by atoms with Gasteiger partial charge < -0.3 is 28.1 Å². The molecular formula is C12H11BF4N3-. The minimum atomic E-state index is -6.00. The van der Waals surface area contributed by atoms with E-state index in [4.69, 9.17) is 5.53 Å². The number of para-hydroxylation sites is 1. The Morgan fingerprint density at radius 3 is 2.20 bits per heavy atom. The summed E-state index contributed by atoms with van der Waals surface area (Å²) in [6, 6.07) is 9.76. The lowest BCUT2D eigenvalue weighted by atomic mass is 10.1. The summed E-state index contributed by atoms with van der Waals surface area (Å²) >= 11 is 0. The third-order valence-corrected chi connectivity index (χ3v) is 2.21. The molecule has 0 bridgehead atoms. The quantitative estimate of drug-likeness (QED) is 0.384. The number of hydrogen-bond donors (Lipinski definition) is 1. The first-order valence-electron chi connectivity index (χ1n) is 5.66. The maximum absolute atomic E-state index is 9.75. The summed E-state index contributed by atoms with van der Waals surface area (Å²) in [6.45, 7) is 0. The summed E-state index contributed by atoms with van der Waals surface area (Å²) < 4.78 is 39.0. The molecule has 0 radical (unpaired) electrons. The number of hydrogen-bond acceptors (Lipinski definition) is 1. The second-order valence-corrected chi connectivity index (χ2v) is 3.75. The molecule has 20 heavy (non-hydrogen) atoms. The molecule has 1 aliphatic rings. The first kappa shape index (κ1) is 15.7. The molecule has 0 saturated heterocycles. The van der Waals surface area contributed by atoms with Crippen molar-refractivity contribution in [3.05, 3.63) is 60.2 Å². The van der Waals surface area contributed by atoms with E-state index in [9.17, 15) is 17.3 Å². The van der Waals surface area contributed by atoms with Crippen molar-refractivity contribution in [2.24, 2.45) is 0 Å². The normalized spacial score (nSPS) is 17.0. The predicted octanol–water partition coefficient (Wildman–Crippen LogP) is 3.56. The molecule has 0 saturated carbocycles. The van der Waals surface area contributed by atoms with E-state index in [1.54, 1.807) is 6.08 Å². The van der Waals surface area contributed by atoms with Gasteiger partial charge in [0.25, 0.3) is 0 Å². The molecule has 2 rings (SSSR count). The van der Waals surface area contributed by atoms with Crippen LogP contribution in [0.5, 0.6) is 0 Å². The van der Waals surface area contributed by atoms with Gasteiger partial charge in [0.05, 0.1) is 0 Å². The summed E-state index contributed by atoms with van der Waals surface area (Å²) in [7, 11) is -6.00. The van der Waals surface area contributed by atoms with E-state index >= 15 is 0 Å². The van der Waals surface area contributed by atoms with Crippen molar-refractivity contribution < 1.29 is 22.1 Å². The van der Waals surface area contributed by atoms with Crippen molar-refractivity contribution in [2.45, 2.75) is 6.04 Å². The van der Waals surface area contributed by atoms with Crippen LogP contribution in [0.1, 0.15) is 0 Å². The van der Waals surface area contributed by atoms with Crippen molar-refractivity contribution in [3.8, 4) is 0 Å². The van der Waals surface area contributed by atoms with Crippen LogP contribution in [0.25, 0.3) is 5.53 Å². The highest BCUT2D eigenvalue weighted by Crippen LogP contribution is 2.10. The van der Waals surface area contributed by atoms with Crippen molar-refractivity contribution >= 4 is 18.7 Å². The molecule has 1 atom stereocenters. The van der Waals surface area contributed by atoms with Gasteiger partial charge in [0.1, 0.15) is 6.04 Å². The minimum absolute atomic E-state index is 0.0672. The summed E-state index contributed by atoms with van der Waals surface area (Å²) in [6.07, 6.45) is 7.50. The Kier molecular flexibility index (Phi) is 5.74. The molecule has 1 aromatic rings. The van der Waals surface area contributed by atoms with Crippen LogP contribution in [0.15, 0.2) is 54.6 Å². The smallest absolute Gasteiger partial charge is 0.418 e. The predicted molar refractivity (Wildman–Crippen MR) is 70.9 cm³/mol. The Hall–Kier alpha value is -2.34. The number of benzene rings is 1. The first-order valence-corrected chi connectivity index (χ1v) is 5.66. The Bertz CT molecular complexity index is 527. The Labute approximate surface area is 113 Å². The molecule has 1 unspecified atom stereocenters. The van der Waals surface area contributed by atoms with Gasteiger partial charge in [-0.15, -0.1) is 0 Å². The molecule has 3 nitrogen and oxygen atoms in total. The highest BCUT2D eigenvalue weighted by molar-refractivity contribution is 6.50. The molecule has 0 heterocycles. The van der Waals surface area contributed by atoms with Gasteiger partial charge in [0.2, 0.25) is 0 Å². The Morgan fingerprint density at radius 1 is 1.05 bits per heavy atom. The highest BCUT2D eigenvalue weighted by Gasteiger charge is 2.20. The minimum Gasteiger partial charge on any atom is -0.418 e. The number of anilines is 1. The average molecular weight is 284 g/mol. The van der Waals surface area contributed by atoms with Crippen molar-refractivity contribution in [3.63, 3.8) is 0 Å². The Balaban J connectivity index is 0.000000347. The lowest BCUT2D eigenvalue weighted by Crippen LogP contribution is -2.28. The largest absolute Gasteiger partial charge is 0.673 e. The van der Waals surface area contributed by atoms with Crippen LogP contribution in [-0.2, 0) is 0 Å². The van der Waals surface area contributed by atoms with Crippen LogP contribution in [0.4, 0.5) is 23.0 Å². The Morgan fingerprint density at radius 2 is 1.65 bits per heavy atom. The van der Waals surface area contributed by atoms with Crippen LogP contribution in [-0.4, -0.2) is 23.8 Å². The SMILES string of the molecule is F[B-](F)(F)F.[N-]=[N+]=C1C=CC=CC1Nc1ccccc1.